The predicted molar refractivity (Wildman–Crippen MR) is 80.8 cm³/mol. The molecule has 102 valence electrons. The lowest BCUT2D eigenvalue weighted by atomic mass is 9.98. The average Bonchev–Trinajstić information content (AvgIpc) is 2.79. The molecule has 0 fully saturated rings. The first-order valence-electron chi connectivity index (χ1n) is 6.75. The summed E-state index contributed by atoms with van der Waals surface area (Å²) in [6, 6.07) is 8.20. The van der Waals surface area contributed by atoms with E-state index in [9.17, 15) is 5.11 Å². The van der Waals surface area contributed by atoms with Crippen LogP contribution in [-0.4, -0.2) is 14.5 Å². The molecule has 2 heterocycles. The van der Waals surface area contributed by atoms with Crippen LogP contribution in [0.5, 0.6) is 0 Å². The van der Waals surface area contributed by atoms with Crippen LogP contribution in [0.25, 0.3) is 16.9 Å². The highest BCUT2D eigenvalue weighted by molar-refractivity contribution is 5.70. The van der Waals surface area contributed by atoms with E-state index in [1.54, 1.807) is 0 Å². The van der Waals surface area contributed by atoms with Gasteiger partial charge in [0.1, 0.15) is 5.65 Å². The Balaban J connectivity index is 2.20. The minimum absolute atomic E-state index is 0.0429. The van der Waals surface area contributed by atoms with Crippen LogP contribution in [0, 0.1) is 20.8 Å². The van der Waals surface area contributed by atoms with Gasteiger partial charge in [-0.3, -0.25) is 0 Å². The number of rotatable bonds is 2. The molecule has 1 N–H and O–H groups in total. The van der Waals surface area contributed by atoms with Crippen molar-refractivity contribution in [3.8, 4) is 11.3 Å². The van der Waals surface area contributed by atoms with E-state index < -0.39 is 0 Å². The van der Waals surface area contributed by atoms with Gasteiger partial charge in [0.15, 0.2) is 0 Å². The second-order valence-corrected chi connectivity index (χ2v) is 5.36. The van der Waals surface area contributed by atoms with Gasteiger partial charge >= 0.3 is 0 Å². The Morgan fingerprint density at radius 3 is 2.45 bits per heavy atom. The van der Waals surface area contributed by atoms with Crippen LogP contribution in [0.15, 0.2) is 36.7 Å². The molecular weight excluding hydrogens is 248 g/mol. The Labute approximate surface area is 118 Å². The maximum Gasteiger partial charge on any atom is 0.137 e. The number of pyridine rings is 1. The quantitative estimate of drug-likeness (QED) is 0.771. The van der Waals surface area contributed by atoms with Crippen molar-refractivity contribution in [3.63, 3.8) is 0 Å². The summed E-state index contributed by atoms with van der Waals surface area (Å²) in [5.74, 6) is 0. The number of aromatic nitrogens is 2. The average molecular weight is 266 g/mol. The molecule has 0 saturated heterocycles. The number of aliphatic hydroxyl groups excluding tert-OH is 1. The van der Waals surface area contributed by atoms with Gasteiger partial charge < -0.3 is 9.51 Å². The van der Waals surface area contributed by atoms with Crippen LogP contribution in [0.1, 0.15) is 22.3 Å². The van der Waals surface area contributed by atoms with Crippen molar-refractivity contribution in [2.45, 2.75) is 27.4 Å². The molecular formula is C17H18N2O. The Morgan fingerprint density at radius 2 is 1.80 bits per heavy atom. The van der Waals surface area contributed by atoms with Gasteiger partial charge in [-0.05, 0) is 49.6 Å². The lowest BCUT2D eigenvalue weighted by molar-refractivity contribution is 0.282. The zero-order chi connectivity index (χ0) is 14.3. The lowest BCUT2D eigenvalue weighted by Crippen LogP contribution is -1.90. The third-order valence-electron chi connectivity index (χ3n) is 3.64. The van der Waals surface area contributed by atoms with E-state index >= 15 is 0 Å². The zero-order valence-corrected chi connectivity index (χ0v) is 12.0. The van der Waals surface area contributed by atoms with Gasteiger partial charge in [0.25, 0.3) is 0 Å². The molecule has 0 bridgehead atoms. The SMILES string of the molecule is Cc1cc(C)c(-c2cn3ccc(CO)cc3n2)c(C)c1. The van der Waals surface area contributed by atoms with E-state index in [0.717, 1.165) is 16.9 Å². The molecule has 3 nitrogen and oxygen atoms in total. The normalized spacial score (nSPS) is 11.2. The molecule has 20 heavy (non-hydrogen) atoms. The van der Waals surface area contributed by atoms with E-state index in [4.69, 9.17) is 4.98 Å². The molecule has 3 rings (SSSR count). The fraction of sp³-hybridized carbons (Fsp3) is 0.235. The summed E-state index contributed by atoms with van der Waals surface area (Å²) < 4.78 is 1.99. The van der Waals surface area contributed by atoms with Crippen LogP contribution in [0.4, 0.5) is 0 Å². The molecule has 2 aromatic heterocycles. The van der Waals surface area contributed by atoms with E-state index in [2.05, 4.69) is 32.9 Å². The summed E-state index contributed by atoms with van der Waals surface area (Å²) in [5.41, 5.74) is 7.69. The first-order chi connectivity index (χ1) is 9.58. The van der Waals surface area contributed by atoms with E-state index in [1.165, 1.54) is 22.3 Å². The molecule has 0 aliphatic heterocycles. The molecule has 1 aromatic carbocycles. The Hall–Kier alpha value is -2.13. The van der Waals surface area contributed by atoms with Crippen molar-refractivity contribution in [1.29, 1.82) is 0 Å². The summed E-state index contributed by atoms with van der Waals surface area (Å²) in [6.07, 6.45) is 3.98. The fourth-order valence-corrected chi connectivity index (χ4v) is 2.83. The molecule has 0 radical (unpaired) electrons. The van der Waals surface area contributed by atoms with Gasteiger partial charge in [0, 0.05) is 18.0 Å². The highest BCUT2D eigenvalue weighted by Crippen LogP contribution is 2.28. The Kier molecular flexibility index (Phi) is 3.07. The van der Waals surface area contributed by atoms with E-state index in [1.807, 2.05) is 28.9 Å². The number of hydrogen-bond acceptors (Lipinski definition) is 2. The van der Waals surface area contributed by atoms with Crippen molar-refractivity contribution in [1.82, 2.24) is 9.38 Å². The smallest absolute Gasteiger partial charge is 0.137 e. The number of hydrogen-bond donors (Lipinski definition) is 1. The number of imidazole rings is 1. The second-order valence-electron chi connectivity index (χ2n) is 5.36. The standard InChI is InChI=1S/C17H18N2O/c1-11-6-12(2)17(13(3)7-11)15-9-19-5-4-14(10-20)8-16(19)18-15/h4-9,20H,10H2,1-3H3. The van der Waals surface area contributed by atoms with Crippen molar-refractivity contribution in [2.75, 3.05) is 0 Å². The van der Waals surface area contributed by atoms with Gasteiger partial charge in [0.05, 0.1) is 12.3 Å². The second kappa shape index (κ2) is 4.76. The van der Waals surface area contributed by atoms with E-state index in [-0.39, 0.29) is 6.61 Å². The molecule has 0 amide bonds. The van der Waals surface area contributed by atoms with Crippen LogP contribution in [0.3, 0.4) is 0 Å². The summed E-state index contributed by atoms with van der Waals surface area (Å²) in [6.45, 7) is 6.40. The summed E-state index contributed by atoms with van der Waals surface area (Å²) in [5, 5.41) is 9.20. The highest BCUT2D eigenvalue weighted by Gasteiger charge is 2.10. The minimum Gasteiger partial charge on any atom is -0.392 e. The molecule has 0 atom stereocenters. The van der Waals surface area contributed by atoms with Gasteiger partial charge in [-0.1, -0.05) is 17.7 Å². The molecule has 0 spiro atoms. The first kappa shape index (κ1) is 12.9. The number of aryl methyl sites for hydroxylation is 3. The number of fused-ring (bicyclic) bond motifs is 1. The molecule has 0 unspecified atom stereocenters. The van der Waals surface area contributed by atoms with Gasteiger partial charge in [0.2, 0.25) is 0 Å². The summed E-state index contributed by atoms with van der Waals surface area (Å²) in [7, 11) is 0. The van der Waals surface area contributed by atoms with Crippen molar-refractivity contribution in [3.05, 3.63) is 58.9 Å². The largest absolute Gasteiger partial charge is 0.392 e. The van der Waals surface area contributed by atoms with E-state index in [0.29, 0.717) is 0 Å². The maximum absolute atomic E-state index is 9.20. The van der Waals surface area contributed by atoms with Crippen molar-refractivity contribution >= 4 is 5.65 Å². The monoisotopic (exact) mass is 266 g/mol. The third-order valence-corrected chi connectivity index (χ3v) is 3.64. The Bertz CT molecular complexity index is 764. The minimum atomic E-state index is 0.0429. The topological polar surface area (TPSA) is 37.5 Å². The molecule has 0 saturated carbocycles. The van der Waals surface area contributed by atoms with Gasteiger partial charge in [-0.15, -0.1) is 0 Å². The number of benzene rings is 1. The number of nitrogens with zero attached hydrogens (tertiary/aromatic N) is 2. The predicted octanol–water partition coefficient (Wildman–Crippen LogP) is 3.42. The lowest BCUT2D eigenvalue weighted by Gasteiger charge is -2.08. The molecule has 0 aliphatic rings. The summed E-state index contributed by atoms with van der Waals surface area (Å²) in [4.78, 5) is 4.69. The van der Waals surface area contributed by atoms with Crippen molar-refractivity contribution < 1.29 is 5.11 Å². The van der Waals surface area contributed by atoms with Gasteiger partial charge in [-0.25, -0.2) is 4.98 Å². The molecule has 3 heteroatoms. The summed E-state index contributed by atoms with van der Waals surface area (Å²) >= 11 is 0. The first-order valence-corrected chi connectivity index (χ1v) is 6.75. The molecule has 3 aromatic rings. The Morgan fingerprint density at radius 1 is 1.10 bits per heavy atom. The fourth-order valence-electron chi connectivity index (χ4n) is 2.83. The van der Waals surface area contributed by atoms with Crippen molar-refractivity contribution in [2.24, 2.45) is 0 Å². The van der Waals surface area contributed by atoms with Crippen LogP contribution < -0.4 is 0 Å². The van der Waals surface area contributed by atoms with Crippen LogP contribution in [-0.2, 0) is 6.61 Å². The maximum atomic E-state index is 9.20. The molecule has 0 aliphatic carbocycles. The van der Waals surface area contributed by atoms with Crippen LogP contribution >= 0.6 is 0 Å². The highest BCUT2D eigenvalue weighted by atomic mass is 16.3. The number of aliphatic hydroxyl groups is 1. The zero-order valence-electron chi connectivity index (χ0n) is 12.0. The van der Waals surface area contributed by atoms with Crippen LogP contribution in [0.2, 0.25) is 0 Å². The van der Waals surface area contributed by atoms with Gasteiger partial charge in [-0.2, -0.15) is 0 Å². The third kappa shape index (κ3) is 2.10.